The molecule has 0 fully saturated rings. The molecular formula is C14H13NO3S. The average Bonchev–Trinajstić information content (AvgIpc) is 2.46. The molecule has 0 saturated carbocycles. The van der Waals surface area contributed by atoms with Gasteiger partial charge in [0.1, 0.15) is 0 Å². The molecule has 19 heavy (non-hydrogen) atoms. The molecule has 0 heterocycles. The summed E-state index contributed by atoms with van der Waals surface area (Å²) in [7, 11) is -1.13. The number of aryl methyl sites for hydroxylation is 1. The number of non-ortho nitro benzene ring substituents is 1. The Morgan fingerprint density at radius 3 is 2.21 bits per heavy atom. The zero-order chi connectivity index (χ0) is 13.7. The second kappa shape index (κ2) is 6.24. The summed E-state index contributed by atoms with van der Waals surface area (Å²) < 4.78 is 12.0. The standard InChI is InChI=1S/C14H13NO3S/c16-15(17)13-6-8-14(9-7-13)19(18)11-10-12-4-2-1-3-5-12/h1-9H,10-11H2. The Hall–Kier alpha value is -2.01. The van der Waals surface area contributed by atoms with Crippen LogP contribution in [0.2, 0.25) is 0 Å². The molecule has 1 unspecified atom stereocenters. The number of benzene rings is 2. The van der Waals surface area contributed by atoms with Crippen LogP contribution >= 0.6 is 0 Å². The number of hydrogen-bond donors (Lipinski definition) is 0. The summed E-state index contributed by atoms with van der Waals surface area (Å²) in [6.07, 6.45) is 0.727. The summed E-state index contributed by atoms with van der Waals surface area (Å²) in [4.78, 5) is 10.7. The van der Waals surface area contributed by atoms with Crippen molar-refractivity contribution in [3.63, 3.8) is 0 Å². The van der Waals surface area contributed by atoms with Gasteiger partial charge in [-0.15, -0.1) is 0 Å². The van der Waals surface area contributed by atoms with E-state index in [-0.39, 0.29) is 5.69 Å². The van der Waals surface area contributed by atoms with E-state index in [0.717, 1.165) is 12.0 Å². The van der Waals surface area contributed by atoms with Gasteiger partial charge in [0.15, 0.2) is 0 Å². The van der Waals surface area contributed by atoms with Crippen LogP contribution < -0.4 is 0 Å². The highest BCUT2D eigenvalue weighted by Crippen LogP contribution is 2.15. The Kier molecular flexibility index (Phi) is 4.41. The van der Waals surface area contributed by atoms with Gasteiger partial charge in [0, 0.05) is 22.8 Å². The molecule has 0 radical (unpaired) electrons. The van der Waals surface area contributed by atoms with Gasteiger partial charge in [-0.1, -0.05) is 30.3 Å². The maximum absolute atomic E-state index is 12.0. The van der Waals surface area contributed by atoms with Crippen LogP contribution in [0.25, 0.3) is 0 Å². The van der Waals surface area contributed by atoms with Crippen LogP contribution in [0.3, 0.4) is 0 Å². The first-order valence-corrected chi connectivity index (χ1v) is 7.15. The highest BCUT2D eigenvalue weighted by atomic mass is 32.2. The van der Waals surface area contributed by atoms with Gasteiger partial charge in [0.2, 0.25) is 0 Å². The number of hydrogen-bond acceptors (Lipinski definition) is 3. The van der Waals surface area contributed by atoms with E-state index in [4.69, 9.17) is 0 Å². The van der Waals surface area contributed by atoms with Crippen LogP contribution in [0, 0.1) is 10.1 Å². The van der Waals surface area contributed by atoms with Crippen molar-refractivity contribution in [2.75, 3.05) is 5.75 Å². The molecule has 4 nitrogen and oxygen atoms in total. The fraction of sp³-hybridized carbons (Fsp3) is 0.143. The summed E-state index contributed by atoms with van der Waals surface area (Å²) in [5.41, 5.74) is 1.15. The van der Waals surface area contributed by atoms with Gasteiger partial charge in [0.05, 0.1) is 15.7 Å². The molecule has 0 N–H and O–H groups in total. The van der Waals surface area contributed by atoms with E-state index in [1.165, 1.54) is 12.1 Å². The molecule has 1 atom stereocenters. The molecule has 98 valence electrons. The Bertz CT molecular complexity index is 581. The van der Waals surface area contributed by atoms with E-state index in [0.29, 0.717) is 10.6 Å². The fourth-order valence-corrected chi connectivity index (χ4v) is 2.79. The molecular weight excluding hydrogens is 262 g/mol. The third-order valence-electron chi connectivity index (χ3n) is 2.73. The second-order valence-corrected chi connectivity index (χ2v) is 5.61. The van der Waals surface area contributed by atoms with Crippen molar-refractivity contribution < 1.29 is 9.13 Å². The molecule has 2 aromatic rings. The second-order valence-electron chi connectivity index (χ2n) is 4.04. The van der Waals surface area contributed by atoms with Crippen molar-refractivity contribution in [1.82, 2.24) is 0 Å². The molecule has 2 rings (SSSR count). The van der Waals surface area contributed by atoms with Crippen molar-refractivity contribution in [2.45, 2.75) is 11.3 Å². The largest absolute Gasteiger partial charge is 0.269 e. The van der Waals surface area contributed by atoms with Crippen LogP contribution in [-0.2, 0) is 17.2 Å². The van der Waals surface area contributed by atoms with E-state index < -0.39 is 15.7 Å². The van der Waals surface area contributed by atoms with Gasteiger partial charge in [-0.05, 0) is 24.1 Å². The Morgan fingerprint density at radius 2 is 1.63 bits per heavy atom. The molecule has 2 aromatic carbocycles. The lowest BCUT2D eigenvalue weighted by molar-refractivity contribution is -0.384. The van der Waals surface area contributed by atoms with Crippen molar-refractivity contribution in [1.29, 1.82) is 0 Å². The SMILES string of the molecule is O=[N+]([O-])c1ccc(S(=O)CCc2ccccc2)cc1. The molecule has 0 bridgehead atoms. The van der Waals surface area contributed by atoms with Crippen LogP contribution in [0.15, 0.2) is 59.5 Å². The van der Waals surface area contributed by atoms with E-state index >= 15 is 0 Å². The molecule has 0 amide bonds. The van der Waals surface area contributed by atoms with E-state index in [9.17, 15) is 14.3 Å². The van der Waals surface area contributed by atoms with E-state index in [2.05, 4.69) is 0 Å². The monoisotopic (exact) mass is 275 g/mol. The number of nitro groups is 1. The van der Waals surface area contributed by atoms with E-state index in [1.54, 1.807) is 12.1 Å². The number of nitro benzene ring substituents is 1. The smallest absolute Gasteiger partial charge is 0.258 e. The van der Waals surface area contributed by atoms with Crippen molar-refractivity contribution in [3.8, 4) is 0 Å². The van der Waals surface area contributed by atoms with Gasteiger partial charge in [-0.3, -0.25) is 14.3 Å². The van der Waals surface area contributed by atoms with Crippen LogP contribution in [0.5, 0.6) is 0 Å². The molecule has 0 aliphatic heterocycles. The lowest BCUT2D eigenvalue weighted by atomic mass is 10.2. The zero-order valence-corrected chi connectivity index (χ0v) is 11.0. The maximum Gasteiger partial charge on any atom is 0.269 e. The molecule has 0 aliphatic carbocycles. The third kappa shape index (κ3) is 3.72. The molecule has 0 aliphatic rings. The zero-order valence-electron chi connectivity index (χ0n) is 10.2. The lowest BCUT2D eigenvalue weighted by Gasteiger charge is -2.02. The minimum atomic E-state index is -1.13. The van der Waals surface area contributed by atoms with Gasteiger partial charge in [-0.25, -0.2) is 0 Å². The molecule has 0 aromatic heterocycles. The van der Waals surface area contributed by atoms with Gasteiger partial charge in [-0.2, -0.15) is 0 Å². The van der Waals surface area contributed by atoms with Gasteiger partial charge < -0.3 is 0 Å². The first kappa shape index (κ1) is 13.4. The Balaban J connectivity index is 1.98. The predicted molar refractivity (Wildman–Crippen MR) is 74.5 cm³/mol. The first-order valence-electron chi connectivity index (χ1n) is 5.83. The predicted octanol–water partition coefficient (Wildman–Crippen LogP) is 2.95. The first-order chi connectivity index (χ1) is 9.16. The van der Waals surface area contributed by atoms with Crippen molar-refractivity contribution in [2.24, 2.45) is 0 Å². The molecule has 0 saturated heterocycles. The summed E-state index contributed by atoms with van der Waals surface area (Å²) in [6.45, 7) is 0. The van der Waals surface area contributed by atoms with Crippen molar-refractivity contribution >= 4 is 16.5 Å². The normalized spacial score (nSPS) is 12.0. The average molecular weight is 275 g/mol. The maximum atomic E-state index is 12.0. The van der Waals surface area contributed by atoms with Crippen LogP contribution in [0.1, 0.15) is 5.56 Å². The number of nitrogens with zero attached hydrogens (tertiary/aromatic N) is 1. The summed E-state index contributed by atoms with van der Waals surface area (Å²) in [5.74, 6) is 0.516. The van der Waals surface area contributed by atoms with Crippen LogP contribution in [-0.4, -0.2) is 14.9 Å². The minimum Gasteiger partial charge on any atom is -0.258 e. The van der Waals surface area contributed by atoms with Gasteiger partial charge in [0.25, 0.3) is 5.69 Å². The summed E-state index contributed by atoms with van der Waals surface area (Å²) >= 11 is 0. The number of rotatable bonds is 5. The highest BCUT2D eigenvalue weighted by molar-refractivity contribution is 7.85. The minimum absolute atomic E-state index is 0.0174. The molecule has 0 spiro atoms. The van der Waals surface area contributed by atoms with Crippen LogP contribution in [0.4, 0.5) is 5.69 Å². The fourth-order valence-electron chi connectivity index (χ4n) is 1.69. The van der Waals surface area contributed by atoms with Crippen molar-refractivity contribution in [3.05, 3.63) is 70.3 Å². The van der Waals surface area contributed by atoms with E-state index in [1.807, 2.05) is 30.3 Å². The third-order valence-corrected chi connectivity index (χ3v) is 4.10. The van der Waals surface area contributed by atoms with Gasteiger partial charge >= 0.3 is 0 Å². The molecule has 5 heteroatoms. The lowest BCUT2D eigenvalue weighted by Crippen LogP contribution is -2.01. The quantitative estimate of drug-likeness (QED) is 0.622. The Labute approximate surface area is 113 Å². The summed E-state index contributed by atoms with van der Waals surface area (Å²) in [5, 5.41) is 10.5. The summed E-state index contributed by atoms with van der Waals surface area (Å²) in [6, 6.07) is 15.7. The topological polar surface area (TPSA) is 60.2 Å². The Morgan fingerprint density at radius 1 is 1.00 bits per heavy atom. The highest BCUT2D eigenvalue weighted by Gasteiger charge is 2.08.